The topological polar surface area (TPSA) is 71.2 Å². The van der Waals surface area contributed by atoms with Crippen LogP contribution < -0.4 is 15.5 Å². The number of anilines is 3. The van der Waals surface area contributed by atoms with Crippen LogP contribution in [-0.2, 0) is 0 Å². The summed E-state index contributed by atoms with van der Waals surface area (Å²) < 4.78 is 0. The van der Waals surface area contributed by atoms with Crippen molar-refractivity contribution in [2.75, 3.05) is 41.7 Å². The molecule has 0 spiro atoms. The van der Waals surface area contributed by atoms with Crippen molar-refractivity contribution in [2.45, 2.75) is 0 Å². The first-order chi connectivity index (χ1) is 12.3. The van der Waals surface area contributed by atoms with Crippen LogP contribution in [0, 0.1) is 0 Å². The van der Waals surface area contributed by atoms with Crippen molar-refractivity contribution in [3.8, 4) is 11.3 Å². The first-order valence-electron chi connectivity index (χ1n) is 8.39. The Balaban J connectivity index is 1.49. The van der Waals surface area contributed by atoms with Crippen LogP contribution in [-0.4, -0.2) is 41.1 Å². The Morgan fingerprint density at radius 2 is 1.52 bits per heavy atom. The molecule has 1 aliphatic heterocycles. The second-order valence-corrected chi connectivity index (χ2v) is 6.03. The highest BCUT2D eigenvalue weighted by Crippen LogP contribution is 2.23. The van der Waals surface area contributed by atoms with Crippen molar-refractivity contribution in [3.05, 3.63) is 60.9 Å². The molecular weight excluding hydrogens is 312 g/mol. The number of nitrogen functional groups attached to an aromatic ring is 1. The molecule has 2 N–H and O–H groups in total. The number of nitrogens with zero attached hydrogens (tertiary/aromatic N) is 5. The summed E-state index contributed by atoms with van der Waals surface area (Å²) in [4.78, 5) is 18.0. The zero-order chi connectivity index (χ0) is 17.1. The molecule has 6 nitrogen and oxygen atoms in total. The lowest BCUT2D eigenvalue weighted by atomic mass is 10.1. The summed E-state index contributed by atoms with van der Waals surface area (Å²) in [5, 5.41) is 0. The number of pyridine rings is 1. The van der Waals surface area contributed by atoms with E-state index >= 15 is 0 Å². The van der Waals surface area contributed by atoms with E-state index in [0.717, 1.165) is 54.9 Å². The second kappa shape index (κ2) is 6.76. The van der Waals surface area contributed by atoms with Crippen LogP contribution in [0.5, 0.6) is 0 Å². The van der Waals surface area contributed by atoms with E-state index in [-0.39, 0.29) is 0 Å². The van der Waals surface area contributed by atoms with Crippen molar-refractivity contribution in [1.82, 2.24) is 15.0 Å². The molecule has 0 amide bonds. The van der Waals surface area contributed by atoms with E-state index in [4.69, 9.17) is 10.7 Å². The van der Waals surface area contributed by atoms with E-state index in [1.165, 1.54) is 0 Å². The minimum atomic E-state index is 0.751. The Labute approximate surface area is 147 Å². The van der Waals surface area contributed by atoms with Gasteiger partial charge < -0.3 is 15.5 Å². The lowest BCUT2D eigenvalue weighted by molar-refractivity contribution is 0.635. The van der Waals surface area contributed by atoms with Crippen molar-refractivity contribution in [1.29, 1.82) is 0 Å². The molecule has 0 aliphatic carbocycles. The van der Waals surface area contributed by atoms with Gasteiger partial charge in [-0.15, -0.1) is 0 Å². The molecule has 0 radical (unpaired) electrons. The highest BCUT2D eigenvalue weighted by Gasteiger charge is 2.19. The van der Waals surface area contributed by atoms with Crippen LogP contribution in [0.1, 0.15) is 0 Å². The standard InChI is InChI=1S/C19H20N6/c20-16-5-1-4-15(14-16)17-6-2-7-18(23-17)24-10-12-25(13-11-24)19-21-8-3-9-22-19/h1-9,14H,10-13,20H2. The van der Waals surface area contributed by atoms with Crippen LogP contribution in [0.2, 0.25) is 0 Å². The van der Waals surface area contributed by atoms with Gasteiger partial charge in [-0.05, 0) is 30.3 Å². The molecule has 3 aromatic rings. The Morgan fingerprint density at radius 3 is 2.28 bits per heavy atom. The largest absolute Gasteiger partial charge is 0.399 e. The first kappa shape index (κ1) is 15.4. The van der Waals surface area contributed by atoms with Gasteiger partial charge in [-0.25, -0.2) is 15.0 Å². The fourth-order valence-electron chi connectivity index (χ4n) is 3.05. The first-order valence-corrected chi connectivity index (χ1v) is 8.39. The maximum absolute atomic E-state index is 5.89. The summed E-state index contributed by atoms with van der Waals surface area (Å²) in [6, 6.07) is 15.8. The summed E-state index contributed by atoms with van der Waals surface area (Å²) in [5.74, 6) is 1.79. The van der Waals surface area contributed by atoms with Gasteiger partial charge in [0.05, 0.1) is 5.69 Å². The van der Waals surface area contributed by atoms with Crippen LogP contribution in [0.4, 0.5) is 17.5 Å². The molecule has 0 unspecified atom stereocenters. The van der Waals surface area contributed by atoms with E-state index < -0.39 is 0 Å². The maximum Gasteiger partial charge on any atom is 0.225 e. The smallest absolute Gasteiger partial charge is 0.225 e. The van der Waals surface area contributed by atoms with E-state index in [0.29, 0.717) is 0 Å². The van der Waals surface area contributed by atoms with Crippen LogP contribution >= 0.6 is 0 Å². The van der Waals surface area contributed by atoms with E-state index in [9.17, 15) is 0 Å². The zero-order valence-electron chi connectivity index (χ0n) is 13.9. The van der Waals surface area contributed by atoms with Crippen LogP contribution in [0.3, 0.4) is 0 Å². The number of nitrogens with two attached hydrogens (primary N) is 1. The third-order valence-corrected chi connectivity index (χ3v) is 4.36. The van der Waals surface area contributed by atoms with E-state index in [1.54, 1.807) is 12.4 Å². The molecule has 1 fully saturated rings. The highest BCUT2D eigenvalue weighted by atomic mass is 15.3. The maximum atomic E-state index is 5.89. The lowest BCUT2D eigenvalue weighted by Crippen LogP contribution is -2.47. The minimum Gasteiger partial charge on any atom is -0.399 e. The fourth-order valence-corrected chi connectivity index (χ4v) is 3.05. The van der Waals surface area contributed by atoms with Gasteiger partial charge >= 0.3 is 0 Å². The quantitative estimate of drug-likeness (QED) is 0.743. The average molecular weight is 332 g/mol. The molecule has 3 heterocycles. The van der Waals surface area contributed by atoms with Crippen molar-refractivity contribution in [2.24, 2.45) is 0 Å². The summed E-state index contributed by atoms with van der Waals surface area (Å²) in [6.07, 6.45) is 3.57. The molecule has 0 atom stereocenters. The van der Waals surface area contributed by atoms with Crippen LogP contribution in [0.25, 0.3) is 11.3 Å². The number of rotatable bonds is 3. The van der Waals surface area contributed by atoms with Crippen LogP contribution in [0.15, 0.2) is 60.9 Å². The molecular formula is C19H20N6. The van der Waals surface area contributed by atoms with Gasteiger partial charge in [0.1, 0.15) is 5.82 Å². The molecule has 25 heavy (non-hydrogen) atoms. The third-order valence-electron chi connectivity index (χ3n) is 4.36. The van der Waals surface area contributed by atoms with E-state index in [2.05, 4.69) is 25.8 Å². The normalized spacial score (nSPS) is 14.6. The zero-order valence-corrected chi connectivity index (χ0v) is 13.9. The number of hydrogen-bond donors (Lipinski definition) is 1. The minimum absolute atomic E-state index is 0.751. The van der Waals surface area contributed by atoms with Gasteiger partial charge in [0.2, 0.25) is 5.95 Å². The molecule has 2 aromatic heterocycles. The molecule has 1 saturated heterocycles. The number of piperazine rings is 1. The molecule has 6 heteroatoms. The van der Waals surface area contributed by atoms with Gasteiger partial charge in [-0.2, -0.15) is 0 Å². The summed E-state index contributed by atoms with van der Waals surface area (Å²) >= 11 is 0. The molecule has 0 saturated carbocycles. The van der Waals surface area contributed by atoms with Gasteiger partial charge in [0, 0.05) is 49.8 Å². The Kier molecular flexibility index (Phi) is 4.16. The molecule has 0 bridgehead atoms. The molecule has 4 rings (SSSR count). The Hall–Kier alpha value is -3.15. The van der Waals surface area contributed by atoms with Crippen molar-refractivity contribution in [3.63, 3.8) is 0 Å². The molecule has 126 valence electrons. The SMILES string of the molecule is Nc1cccc(-c2cccc(N3CCN(c4ncccn4)CC3)n2)c1. The highest BCUT2D eigenvalue weighted by molar-refractivity contribution is 5.65. The monoisotopic (exact) mass is 332 g/mol. The molecule has 1 aromatic carbocycles. The fraction of sp³-hybridized carbons (Fsp3) is 0.211. The number of benzene rings is 1. The van der Waals surface area contributed by atoms with Crippen molar-refractivity contribution < 1.29 is 0 Å². The van der Waals surface area contributed by atoms with Gasteiger partial charge in [0.25, 0.3) is 0 Å². The van der Waals surface area contributed by atoms with E-state index in [1.807, 2.05) is 42.5 Å². The predicted octanol–water partition coefficient (Wildman–Crippen LogP) is 2.45. The average Bonchev–Trinajstić information content (AvgIpc) is 2.69. The second-order valence-electron chi connectivity index (χ2n) is 6.03. The summed E-state index contributed by atoms with van der Waals surface area (Å²) in [6.45, 7) is 3.56. The third kappa shape index (κ3) is 3.38. The Morgan fingerprint density at radius 1 is 0.800 bits per heavy atom. The van der Waals surface area contributed by atoms with Crippen molar-refractivity contribution >= 4 is 17.5 Å². The van der Waals surface area contributed by atoms with Gasteiger partial charge in [0.15, 0.2) is 0 Å². The Bertz CT molecular complexity index is 843. The summed E-state index contributed by atoms with van der Waals surface area (Å²) in [7, 11) is 0. The lowest BCUT2D eigenvalue weighted by Gasteiger charge is -2.35. The summed E-state index contributed by atoms with van der Waals surface area (Å²) in [5.41, 5.74) is 8.63. The van der Waals surface area contributed by atoms with Gasteiger partial charge in [-0.3, -0.25) is 0 Å². The number of aromatic nitrogens is 3. The van der Waals surface area contributed by atoms with Gasteiger partial charge in [-0.1, -0.05) is 18.2 Å². The molecule has 1 aliphatic rings. The predicted molar refractivity (Wildman–Crippen MR) is 101 cm³/mol. The number of hydrogen-bond acceptors (Lipinski definition) is 6.